The van der Waals surface area contributed by atoms with Crippen LogP contribution < -0.4 is 9.46 Å². The van der Waals surface area contributed by atoms with Crippen molar-refractivity contribution in [2.75, 3.05) is 17.9 Å². The Morgan fingerprint density at radius 2 is 1.76 bits per heavy atom. The van der Waals surface area contributed by atoms with Crippen molar-refractivity contribution >= 4 is 27.3 Å². The second-order valence-electron chi connectivity index (χ2n) is 4.13. The Kier molecular flexibility index (Phi) is 5.06. The van der Waals surface area contributed by atoms with Crippen molar-refractivity contribution in [2.45, 2.75) is 4.90 Å². The van der Waals surface area contributed by atoms with Gasteiger partial charge in [0.15, 0.2) is 0 Å². The average Bonchev–Trinajstić information content (AvgIpc) is 2.48. The molecule has 0 aliphatic heterocycles. The first kappa shape index (κ1) is 15.6. The van der Waals surface area contributed by atoms with E-state index in [0.717, 1.165) is 0 Å². The second kappa shape index (κ2) is 6.80. The molecular weight excluding hydrogens is 314 g/mol. The van der Waals surface area contributed by atoms with Crippen LogP contribution >= 0.6 is 11.6 Å². The van der Waals surface area contributed by atoms with Gasteiger partial charge in [0, 0.05) is 0 Å². The number of sulfonamides is 1. The molecule has 2 aromatic carbocycles. The maximum atomic E-state index is 12.2. The van der Waals surface area contributed by atoms with Crippen LogP contribution in [0.25, 0.3) is 0 Å². The average molecular weight is 328 g/mol. The van der Waals surface area contributed by atoms with Crippen LogP contribution in [0.1, 0.15) is 0 Å². The predicted octanol–water partition coefficient (Wildman–Crippen LogP) is 2.51. The van der Waals surface area contributed by atoms with Gasteiger partial charge in [-0.25, -0.2) is 8.42 Å². The normalized spacial score (nSPS) is 11.1. The molecule has 0 amide bonds. The van der Waals surface area contributed by atoms with E-state index in [9.17, 15) is 8.42 Å². The quantitative estimate of drug-likeness (QED) is 0.854. The molecule has 5 nitrogen and oxygen atoms in total. The molecule has 0 heterocycles. The molecular formula is C14H14ClNO4S. The lowest BCUT2D eigenvalue weighted by Crippen LogP contribution is -2.13. The Balaban J connectivity index is 2.18. The lowest BCUT2D eigenvalue weighted by molar-refractivity contribution is 0.201. The standard InChI is InChI=1S/C14H14ClNO4S/c15-13-3-1-2-4-14(13)16-21(18,19)12-7-5-11(6-8-12)20-10-9-17/h1-8,16-17H,9-10H2. The number of aliphatic hydroxyl groups excluding tert-OH is 1. The van der Waals surface area contributed by atoms with Crippen molar-refractivity contribution in [1.29, 1.82) is 0 Å². The van der Waals surface area contributed by atoms with Crippen LogP contribution in [0.2, 0.25) is 5.02 Å². The molecule has 0 aromatic heterocycles. The summed E-state index contributed by atoms with van der Waals surface area (Å²) >= 11 is 5.93. The van der Waals surface area contributed by atoms with Gasteiger partial charge in [-0.3, -0.25) is 4.72 Å². The van der Waals surface area contributed by atoms with Gasteiger partial charge in [-0.2, -0.15) is 0 Å². The van der Waals surface area contributed by atoms with Crippen LogP contribution in [0.5, 0.6) is 5.75 Å². The van der Waals surface area contributed by atoms with Crippen molar-refractivity contribution in [3.8, 4) is 5.75 Å². The van der Waals surface area contributed by atoms with Gasteiger partial charge >= 0.3 is 0 Å². The Morgan fingerprint density at radius 3 is 2.38 bits per heavy atom. The summed E-state index contributed by atoms with van der Waals surface area (Å²) < 4.78 is 32.1. The molecule has 0 saturated heterocycles. The first-order valence-corrected chi connectivity index (χ1v) is 8.00. The molecule has 0 fully saturated rings. The van der Waals surface area contributed by atoms with Crippen LogP contribution in [-0.2, 0) is 10.0 Å². The lowest BCUT2D eigenvalue weighted by Gasteiger charge is -2.10. The first-order valence-electron chi connectivity index (χ1n) is 6.14. The highest BCUT2D eigenvalue weighted by atomic mass is 35.5. The van der Waals surface area contributed by atoms with Crippen molar-refractivity contribution in [1.82, 2.24) is 0 Å². The van der Waals surface area contributed by atoms with E-state index in [0.29, 0.717) is 16.5 Å². The molecule has 0 aliphatic rings. The number of anilines is 1. The maximum Gasteiger partial charge on any atom is 0.261 e. The topological polar surface area (TPSA) is 75.6 Å². The third-order valence-corrected chi connectivity index (χ3v) is 4.32. The molecule has 0 saturated carbocycles. The molecule has 21 heavy (non-hydrogen) atoms. The molecule has 0 unspecified atom stereocenters. The van der Waals surface area contributed by atoms with Crippen molar-refractivity contribution in [2.24, 2.45) is 0 Å². The molecule has 7 heteroatoms. The highest BCUT2D eigenvalue weighted by Gasteiger charge is 2.15. The fourth-order valence-corrected chi connectivity index (χ4v) is 2.94. The SMILES string of the molecule is O=S(=O)(Nc1ccccc1Cl)c1ccc(OCCO)cc1. The monoisotopic (exact) mass is 327 g/mol. The molecule has 0 atom stereocenters. The number of hydrogen-bond donors (Lipinski definition) is 2. The van der Waals surface area contributed by atoms with E-state index in [1.54, 1.807) is 24.3 Å². The summed E-state index contributed by atoms with van der Waals surface area (Å²) in [6, 6.07) is 12.5. The summed E-state index contributed by atoms with van der Waals surface area (Å²) in [5.41, 5.74) is 0.319. The van der Waals surface area contributed by atoms with E-state index in [-0.39, 0.29) is 18.1 Å². The van der Waals surface area contributed by atoms with Gasteiger partial charge in [0.05, 0.1) is 22.2 Å². The summed E-state index contributed by atoms with van der Waals surface area (Å²) in [7, 11) is -3.71. The third-order valence-electron chi connectivity index (χ3n) is 2.61. The molecule has 0 bridgehead atoms. The predicted molar refractivity (Wildman–Crippen MR) is 81.3 cm³/mol. The minimum absolute atomic E-state index is 0.0961. The van der Waals surface area contributed by atoms with Gasteiger partial charge in [-0.1, -0.05) is 23.7 Å². The zero-order valence-electron chi connectivity index (χ0n) is 11.0. The summed E-state index contributed by atoms with van der Waals surface area (Å²) in [5.74, 6) is 0.487. The van der Waals surface area contributed by atoms with E-state index in [1.807, 2.05) is 0 Å². The number of aliphatic hydroxyl groups is 1. The first-order chi connectivity index (χ1) is 10.0. The number of halogens is 1. The molecule has 0 aliphatic carbocycles. The van der Waals surface area contributed by atoms with Crippen molar-refractivity contribution in [3.63, 3.8) is 0 Å². The number of benzene rings is 2. The highest BCUT2D eigenvalue weighted by Crippen LogP contribution is 2.24. The van der Waals surface area contributed by atoms with E-state index in [1.165, 1.54) is 24.3 Å². The van der Waals surface area contributed by atoms with Crippen LogP contribution in [0.4, 0.5) is 5.69 Å². The fourth-order valence-electron chi connectivity index (χ4n) is 1.63. The largest absolute Gasteiger partial charge is 0.491 e. The zero-order chi connectivity index (χ0) is 15.3. The van der Waals surface area contributed by atoms with E-state index in [4.69, 9.17) is 21.4 Å². The number of para-hydroxylation sites is 1. The Bertz CT molecular complexity index is 701. The molecule has 2 rings (SSSR count). The summed E-state index contributed by atoms with van der Waals surface area (Å²) in [4.78, 5) is 0.0961. The number of rotatable bonds is 6. The van der Waals surface area contributed by atoms with Crippen LogP contribution in [0.3, 0.4) is 0 Å². The number of nitrogens with one attached hydrogen (secondary N) is 1. The number of hydrogen-bond acceptors (Lipinski definition) is 4. The molecule has 112 valence electrons. The van der Waals surface area contributed by atoms with Gasteiger partial charge in [0.25, 0.3) is 10.0 Å². The van der Waals surface area contributed by atoms with E-state index >= 15 is 0 Å². The summed E-state index contributed by atoms with van der Waals surface area (Å²) in [6.07, 6.45) is 0. The lowest BCUT2D eigenvalue weighted by atomic mass is 10.3. The van der Waals surface area contributed by atoms with Crippen molar-refractivity contribution < 1.29 is 18.3 Å². The summed E-state index contributed by atoms with van der Waals surface area (Å²) in [6.45, 7) is 0.0537. The minimum atomic E-state index is -3.71. The van der Waals surface area contributed by atoms with E-state index in [2.05, 4.69) is 4.72 Å². The van der Waals surface area contributed by atoms with E-state index < -0.39 is 10.0 Å². The van der Waals surface area contributed by atoms with Crippen LogP contribution in [0, 0.1) is 0 Å². The second-order valence-corrected chi connectivity index (χ2v) is 6.22. The van der Waals surface area contributed by atoms with Crippen molar-refractivity contribution in [3.05, 3.63) is 53.6 Å². The van der Waals surface area contributed by atoms with Gasteiger partial charge in [0.1, 0.15) is 12.4 Å². The molecule has 0 radical (unpaired) electrons. The zero-order valence-corrected chi connectivity index (χ0v) is 12.6. The highest BCUT2D eigenvalue weighted by molar-refractivity contribution is 7.92. The maximum absolute atomic E-state index is 12.2. The smallest absolute Gasteiger partial charge is 0.261 e. The van der Waals surface area contributed by atoms with Crippen LogP contribution in [0.15, 0.2) is 53.4 Å². The molecule has 0 spiro atoms. The fraction of sp³-hybridized carbons (Fsp3) is 0.143. The minimum Gasteiger partial charge on any atom is -0.491 e. The van der Waals surface area contributed by atoms with Gasteiger partial charge < -0.3 is 9.84 Å². The number of ether oxygens (including phenoxy) is 1. The summed E-state index contributed by atoms with van der Waals surface area (Å²) in [5, 5.41) is 8.98. The van der Waals surface area contributed by atoms with Gasteiger partial charge in [-0.05, 0) is 36.4 Å². The Labute approximate surface area is 128 Å². The third kappa shape index (κ3) is 4.10. The molecule has 2 aromatic rings. The Hall–Kier alpha value is -1.76. The van der Waals surface area contributed by atoms with Gasteiger partial charge in [0.2, 0.25) is 0 Å². The van der Waals surface area contributed by atoms with Crippen LogP contribution in [-0.4, -0.2) is 26.7 Å². The molecule has 2 N–H and O–H groups in total. The van der Waals surface area contributed by atoms with Gasteiger partial charge in [-0.15, -0.1) is 0 Å². The Morgan fingerprint density at radius 1 is 1.10 bits per heavy atom.